The average molecular weight is 316 g/mol. The molecule has 1 aromatic carbocycles. The summed E-state index contributed by atoms with van der Waals surface area (Å²) in [5.41, 5.74) is 2.61. The van der Waals surface area contributed by atoms with Crippen molar-refractivity contribution < 1.29 is 4.79 Å². The van der Waals surface area contributed by atoms with Crippen LogP contribution in [0.5, 0.6) is 0 Å². The monoisotopic (exact) mass is 316 g/mol. The summed E-state index contributed by atoms with van der Waals surface area (Å²) in [4.78, 5) is 18.7. The largest absolute Gasteiger partial charge is 0.357 e. The van der Waals surface area contributed by atoms with E-state index in [9.17, 15) is 4.79 Å². The van der Waals surface area contributed by atoms with Crippen LogP contribution in [-0.4, -0.2) is 42.9 Å². The molecule has 0 atom stereocenters. The molecule has 2 rings (SSSR count). The van der Waals surface area contributed by atoms with E-state index in [2.05, 4.69) is 40.7 Å². The van der Waals surface area contributed by atoms with Crippen molar-refractivity contribution in [2.75, 3.05) is 26.2 Å². The minimum absolute atomic E-state index is 0.0900. The van der Waals surface area contributed by atoms with Crippen molar-refractivity contribution in [3.8, 4) is 0 Å². The third-order valence-corrected chi connectivity index (χ3v) is 4.02. The van der Waals surface area contributed by atoms with Crippen molar-refractivity contribution in [2.45, 2.75) is 39.7 Å². The van der Waals surface area contributed by atoms with Crippen LogP contribution in [-0.2, 0) is 17.8 Å². The predicted octanol–water partition coefficient (Wildman–Crippen LogP) is 1.93. The summed E-state index contributed by atoms with van der Waals surface area (Å²) in [6.45, 7) is 7.54. The van der Waals surface area contributed by atoms with Crippen LogP contribution < -0.4 is 10.6 Å². The average Bonchev–Trinajstić information content (AvgIpc) is 2.59. The van der Waals surface area contributed by atoms with Crippen LogP contribution in [0.1, 0.15) is 37.8 Å². The Labute approximate surface area is 139 Å². The van der Waals surface area contributed by atoms with Gasteiger partial charge in [-0.3, -0.25) is 4.79 Å². The Bertz CT molecular complexity index is 542. The molecule has 1 aromatic rings. The van der Waals surface area contributed by atoms with Crippen LogP contribution in [0.25, 0.3) is 0 Å². The number of hydrogen-bond acceptors (Lipinski definition) is 2. The summed E-state index contributed by atoms with van der Waals surface area (Å²) < 4.78 is 0. The van der Waals surface area contributed by atoms with Crippen LogP contribution in [0.2, 0.25) is 0 Å². The molecule has 0 spiro atoms. The molecule has 23 heavy (non-hydrogen) atoms. The number of guanidine groups is 1. The van der Waals surface area contributed by atoms with Gasteiger partial charge in [-0.2, -0.15) is 0 Å². The molecule has 5 nitrogen and oxygen atoms in total. The third-order valence-electron chi connectivity index (χ3n) is 4.02. The summed E-state index contributed by atoms with van der Waals surface area (Å²) in [6.07, 6.45) is 3.17. The minimum Gasteiger partial charge on any atom is -0.357 e. The number of carbonyl (C=O) groups excluding carboxylic acids is 1. The Kier molecular flexibility index (Phi) is 6.91. The molecule has 126 valence electrons. The van der Waals surface area contributed by atoms with Gasteiger partial charge in [0.2, 0.25) is 5.91 Å². The zero-order valence-corrected chi connectivity index (χ0v) is 14.3. The Morgan fingerprint density at radius 2 is 2.00 bits per heavy atom. The Hall–Kier alpha value is -2.04. The first-order valence-corrected chi connectivity index (χ1v) is 8.61. The standard InChI is InChI=1S/C18H28N4O/c1-3-5-11-20-18(19-4-2)21-13-17(23)22-12-10-15-8-6-7-9-16(15)14-22/h6-9H,3-5,10-14H2,1-2H3,(H2,19,20,21). The second-order valence-electron chi connectivity index (χ2n) is 5.81. The Morgan fingerprint density at radius 3 is 2.74 bits per heavy atom. The molecule has 2 N–H and O–H groups in total. The van der Waals surface area contributed by atoms with Crippen molar-refractivity contribution in [1.82, 2.24) is 15.5 Å². The topological polar surface area (TPSA) is 56.7 Å². The van der Waals surface area contributed by atoms with E-state index in [4.69, 9.17) is 0 Å². The fourth-order valence-corrected chi connectivity index (χ4v) is 2.68. The second kappa shape index (κ2) is 9.18. The number of fused-ring (bicyclic) bond motifs is 1. The van der Waals surface area contributed by atoms with Crippen LogP contribution in [0.15, 0.2) is 29.3 Å². The highest BCUT2D eigenvalue weighted by Gasteiger charge is 2.19. The van der Waals surface area contributed by atoms with Crippen LogP contribution in [0.3, 0.4) is 0 Å². The lowest BCUT2D eigenvalue weighted by molar-refractivity contribution is -0.130. The number of rotatable bonds is 6. The van der Waals surface area contributed by atoms with Crippen molar-refractivity contribution in [3.63, 3.8) is 0 Å². The maximum atomic E-state index is 12.4. The minimum atomic E-state index is 0.0900. The van der Waals surface area contributed by atoms with Gasteiger partial charge >= 0.3 is 0 Å². The van der Waals surface area contributed by atoms with E-state index >= 15 is 0 Å². The summed E-state index contributed by atoms with van der Waals surface area (Å²) in [6, 6.07) is 8.35. The molecule has 0 bridgehead atoms. The number of hydrogen-bond donors (Lipinski definition) is 2. The number of nitrogens with zero attached hydrogens (tertiary/aromatic N) is 2. The zero-order valence-electron chi connectivity index (χ0n) is 14.3. The molecule has 1 aliphatic rings. The van der Waals surface area contributed by atoms with E-state index in [-0.39, 0.29) is 12.5 Å². The SMILES string of the molecule is CCCCNC(=NCC(=O)N1CCc2ccccc2C1)NCC. The lowest BCUT2D eigenvalue weighted by Gasteiger charge is -2.28. The molecule has 0 radical (unpaired) electrons. The summed E-state index contributed by atoms with van der Waals surface area (Å²) in [7, 11) is 0. The lowest BCUT2D eigenvalue weighted by Crippen LogP contribution is -2.40. The van der Waals surface area contributed by atoms with Gasteiger partial charge in [-0.1, -0.05) is 37.6 Å². The third kappa shape index (κ3) is 5.27. The van der Waals surface area contributed by atoms with E-state index in [0.29, 0.717) is 6.54 Å². The number of amides is 1. The van der Waals surface area contributed by atoms with Crippen molar-refractivity contribution in [3.05, 3.63) is 35.4 Å². The van der Waals surface area contributed by atoms with E-state index in [1.54, 1.807) is 0 Å². The fourth-order valence-electron chi connectivity index (χ4n) is 2.68. The van der Waals surface area contributed by atoms with Gasteiger partial charge in [0, 0.05) is 26.2 Å². The summed E-state index contributed by atoms with van der Waals surface area (Å²) in [5.74, 6) is 0.818. The maximum Gasteiger partial charge on any atom is 0.244 e. The van der Waals surface area contributed by atoms with E-state index in [0.717, 1.165) is 44.9 Å². The number of unbranched alkanes of at least 4 members (excludes halogenated alkanes) is 1. The van der Waals surface area contributed by atoms with Gasteiger partial charge in [0.25, 0.3) is 0 Å². The van der Waals surface area contributed by atoms with Gasteiger partial charge in [-0.05, 0) is 30.9 Å². The molecular weight excluding hydrogens is 288 g/mol. The highest BCUT2D eigenvalue weighted by atomic mass is 16.2. The van der Waals surface area contributed by atoms with Gasteiger partial charge in [-0.15, -0.1) is 0 Å². The first-order chi connectivity index (χ1) is 11.2. The normalized spacial score (nSPS) is 14.3. The predicted molar refractivity (Wildman–Crippen MR) is 94.5 cm³/mol. The van der Waals surface area contributed by atoms with Crippen LogP contribution >= 0.6 is 0 Å². The smallest absolute Gasteiger partial charge is 0.244 e. The molecule has 0 fully saturated rings. The van der Waals surface area contributed by atoms with Gasteiger partial charge in [0.15, 0.2) is 5.96 Å². The summed E-state index contributed by atoms with van der Waals surface area (Å²) in [5, 5.41) is 6.45. The van der Waals surface area contributed by atoms with E-state index in [1.807, 2.05) is 17.9 Å². The molecule has 0 unspecified atom stereocenters. The first kappa shape index (κ1) is 17.3. The number of nitrogens with one attached hydrogen (secondary N) is 2. The molecule has 0 saturated carbocycles. The molecule has 1 amide bonds. The van der Waals surface area contributed by atoms with Gasteiger partial charge in [-0.25, -0.2) is 4.99 Å². The molecule has 1 heterocycles. The molecule has 1 aliphatic heterocycles. The Balaban J connectivity index is 1.89. The molecule has 5 heteroatoms. The van der Waals surface area contributed by atoms with Gasteiger partial charge < -0.3 is 15.5 Å². The van der Waals surface area contributed by atoms with Gasteiger partial charge in [0.05, 0.1) is 0 Å². The number of benzene rings is 1. The van der Waals surface area contributed by atoms with E-state index < -0.39 is 0 Å². The highest BCUT2D eigenvalue weighted by molar-refractivity contribution is 5.85. The first-order valence-electron chi connectivity index (χ1n) is 8.61. The highest BCUT2D eigenvalue weighted by Crippen LogP contribution is 2.18. The van der Waals surface area contributed by atoms with Crippen molar-refractivity contribution >= 4 is 11.9 Å². The molecular formula is C18H28N4O. The Morgan fingerprint density at radius 1 is 1.22 bits per heavy atom. The zero-order chi connectivity index (χ0) is 16.5. The van der Waals surface area contributed by atoms with Crippen molar-refractivity contribution in [1.29, 1.82) is 0 Å². The van der Waals surface area contributed by atoms with Crippen molar-refractivity contribution in [2.24, 2.45) is 4.99 Å². The van der Waals surface area contributed by atoms with Crippen LogP contribution in [0, 0.1) is 0 Å². The number of carbonyl (C=O) groups is 1. The lowest BCUT2D eigenvalue weighted by atomic mass is 10.00. The second-order valence-corrected chi connectivity index (χ2v) is 5.81. The van der Waals surface area contributed by atoms with E-state index in [1.165, 1.54) is 11.1 Å². The molecule has 0 aromatic heterocycles. The van der Waals surface area contributed by atoms with Crippen LogP contribution in [0.4, 0.5) is 0 Å². The molecule has 0 aliphatic carbocycles. The summed E-state index contributed by atoms with van der Waals surface area (Å²) >= 11 is 0. The molecule has 0 saturated heterocycles. The fraction of sp³-hybridized carbons (Fsp3) is 0.556. The maximum absolute atomic E-state index is 12.4. The number of aliphatic imine (C=N–C) groups is 1. The quantitative estimate of drug-likeness (QED) is 0.479. The van der Waals surface area contributed by atoms with Gasteiger partial charge in [0.1, 0.15) is 6.54 Å².